The zero-order valence-electron chi connectivity index (χ0n) is 13.6. The Hall–Kier alpha value is -2.00. The summed E-state index contributed by atoms with van der Waals surface area (Å²) in [4.78, 5) is 16.2. The molecule has 0 heterocycles. The predicted molar refractivity (Wildman–Crippen MR) is 86.4 cm³/mol. The fourth-order valence-corrected chi connectivity index (χ4v) is 5.78. The van der Waals surface area contributed by atoms with Crippen LogP contribution in [0.1, 0.15) is 43.7 Å². The van der Waals surface area contributed by atoms with E-state index in [0.717, 1.165) is 36.1 Å². The van der Waals surface area contributed by atoms with Crippen LogP contribution in [0.4, 0.5) is 0 Å². The number of hydrogen-bond donors (Lipinski definition) is 0. The molecule has 0 amide bonds. The van der Waals surface area contributed by atoms with Crippen molar-refractivity contribution < 1.29 is 9.53 Å². The Morgan fingerprint density at radius 2 is 2.22 bits per heavy atom. The van der Waals surface area contributed by atoms with Crippen LogP contribution in [-0.2, 0) is 16.6 Å². The van der Waals surface area contributed by atoms with Crippen molar-refractivity contribution in [1.29, 1.82) is 0 Å². The smallest absolute Gasteiger partial charge is 0.144 e. The average Bonchev–Trinajstić information content (AvgIpc) is 2.67. The highest BCUT2D eigenvalue weighted by atomic mass is 16.5. The van der Waals surface area contributed by atoms with Gasteiger partial charge in [0.05, 0.1) is 12.5 Å². The first-order valence-corrected chi connectivity index (χ1v) is 8.30. The van der Waals surface area contributed by atoms with Gasteiger partial charge in [0, 0.05) is 17.4 Å². The third kappa shape index (κ3) is 1.74. The van der Waals surface area contributed by atoms with E-state index >= 15 is 0 Å². The lowest BCUT2D eigenvalue weighted by atomic mass is 9.52. The molecule has 1 aromatic rings. The SMILES string of the molecule is COc1ccc2c(c1)C[C@H](N=[N+]=[N-])[C@@H]1[C@@]3(C)CCC[C@@]21C(=O)C3. The molecular formula is C18H21N3O2. The van der Waals surface area contributed by atoms with E-state index in [9.17, 15) is 4.79 Å². The Bertz CT molecular complexity index is 740. The lowest BCUT2D eigenvalue weighted by Gasteiger charge is -2.51. The first kappa shape index (κ1) is 14.6. The highest BCUT2D eigenvalue weighted by Crippen LogP contribution is 2.65. The second kappa shape index (κ2) is 4.75. The van der Waals surface area contributed by atoms with Crippen molar-refractivity contribution in [3.05, 3.63) is 39.8 Å². The molecule has 5 heteroatoms. The van der Waals surface area contributed by atoms with Gasteiger partial charge >= 0.3 is 0 Å². The zero-order valence-corrected chi connectivity index (χ0v) is 13.6. The Balaban J connectivity index is 1.97. The summed E-state index contributed by atoms with van der Waals surface area (Å²) in [7, 11) is 1.65. The number of benzene rings is 1. The topological polar surface area (TPSA) is 75.1 Å². The van der Waals surface area contributed by atoms with Crippen LogP contribution >= 0.6 is 0 Å². The van der Waals surface area contributed by atoms with Gasteiger partial charge in [-0.1, -0.05) is 24.5 Å². The van der Waals surface area contributed by atoms with Gasteiger partial charge in [0.2, 0.25) is 0 Å². The van der Waals surface area contributed by atoms with Gasteiger partial charge in [-0.2, -0.15) is 0 Å². The van der Waals surface area contributed by atoms with Gasteiger partial charge in [0.1, 0.15) is 11.5 Å². The highest BCUT2D eigenvalue weighted by molar-refractivity contribution is 5.95. The maximum absolute atomic E-state index is 13.1. The van der Waals surface area contributed by atoms with Crippen molar-refractivity contribution in [3.63, 3.8) is 0 Å². The molecule has 0 saturated heterocycles. The van der Waals surface area contributed by atoms with Crippen LogP contribution in [0.15, 0.2) is 23.3 Å². The average molecular weight is 311 g/mol. The maximum Gasteiger partial charge on any atom is 0.144 e. The summed E-state index contributed by atoms with van der Waals surface area (Å²) in [5, 5.41) is 4.13. The standard InChI is InChI=1S/C18H21N3O2/c1-17-6-3-7-18(15(22)10-17)13-5-4-12(23-2)8-11(13)9-14(16(17)18)20-21-19/h4-5,8,14,16H,3,6-7,9-10H2,1-2H3/t14-,16+,17-,18-/m0/s1. The third-order valence-corrected chi connectivity index (χ3v) is 6.47. The number of methoxy groups -OCH3 is 1. The van der Waals surface area contributed by atoms with E-state index in [2.05, 4.69) is 23.0 Å². The molecule has 0 aromatic heterocycles. The number of carbonyl (C=O) groups is 1. The first-order chi connectivity index (χ1) is 11.0. The Morgan fingerprint density at radius 3 is 2.96 bits per heavy atom. The number of hydrogen-bond acceptors (Lipinski definition) is 3. The van der Waals surface area contributed by atoms with Crippen LogP contribution in [0.3, 0.4) is 0 Å². The van der Waals surface area contributed by atoms with Gasteiger partial charge in [-0.15, -0.1) is 0 Å². The van der Waals surface area contributed by atoms with Crippen molar-refractivity contribution >= 4 is 5.78 Å². The molecule has 1 aromatic carbocycles. The van der Waals surface area contributed by atoms with Crippen LogP contribution in [0.25, 0.3) is 10.4 Å². The molecule has 0 spiro atoms. The molecule has 2 fully saturated rings. The minimum Gasteiger partial charge on any atom is -0.497 e. The zero-order chi connectivity index (χ0) is 16.2. The second-order valence-electron chi connectivity index (χ2n) is 7.56. The summed E-state index contributed by atoms with van der Waals surface area (Å²) in [5.74, 6) is 1.27. The van der Waals surface area contributed by atoms with Crippen molar-refractivity contribution in [2.45, 2.75) is 50.5 Å². The van der Waals surface area contributed by atoms with Crippen molar-refractivity contribution in [2.24, 2.45) is 16.4 Å². The van der Waals surface area contributed by atoms with E-state index in [4.69, 9.17) is 10.3 Å². The summed E-state index contributed by atoms with van der Waals surface area (Å²) < 4.78 is 5.35. The molecule has 120 valence electrons. The number of Topliss-reactive ketones (excluding diaryl/α,β-unsaturated/α-hetero) is 1. The minimum absolute atomic E-state index is 0.0359. The van der Waals surface area contributed by atoms with Gasteiger partial charge in [-0.05, 0) is 59.4 Å². The fourth-order valence-electron chi connectivity index (χ4n) is 5.78. The molecule has 0 unspecified atom stereocenters. The molecule has 0 aliphatic heterocycles. The number of carbonyl (C=O) groups excluding carboxylic acids is 1. The molecule has 2 saturated carbocycles. The number of ketones is 1. The van der Waals surface area contributed by atoms with Crippen molar-refractivity contribution in [2.75, 3.05) is 7.11 Å². The van der Waals surface area contributed by atoms with Gasteiger partial charge in [0.15, 0.2) is 0 Å². The highest BCUT2D eigenvalue weighted by Gasteiger charge is 2.66. The summed E-state index contributed by atoms with van der Waals surface area (Å²) >= 11 is 0. The Kier molecular flexibility index (Phi) is 3.01. The molecule has 0 N–H and O–H groups in total. The summed E-state index contributed by atoms with van der Waals surface area (Å²) in [5.41, 5.74) is 10.8. The van der Waals surface area contributed by atoms with Crippen molar-refractivity contribution in [1.82, 2.24) is 0 Å². The van der Waals surface area contributed by atoms with Crippen LogP contribution < -0.4 is 4.74 Å². The Morgan fingerprint density at radius 1 is 1.39 bits per heavy atom. The number of azide groups is 1. The second-order valence-corrected chi connectivity index (χ2v) is 7.56. The van der Waals surface area contributed by atoms with Gasteiger partial charge in [0.25, 0.3) is 0 Å². The van der Waals surface area contributed by atoms with E-state index < -0.39 is 5.41 Å². The molecule has 4 atom stereocenters. The predicted octanol–water partition coefficient (Wildman–Crippen LogP) is 3.95. The van der Waals surface area contributed by atoms with E-state index in [-0.39, 0.29) is 17.4 Å². The molecule has 5 nitrogen and oxygen atoms in total. The number of ether oxygens (including phenoxy) is 1. The Labute approximate surface area is 135 Å². The molecule has 4 rings (SSSR count). The third-order valence-electron chi connectivity index (χ3n) is 6.47. The van der Waals surface area contributed by atoms with Crippen molar-refractivity contribution in [3.8, 4) is 5.75 Å². The van der Waals surface area contributed by atoms with E-state index in [1.807, 2.05) is 12.1 Å². The summed E-state index contributed by atoms with van der Waals surface area (Å²) in [6.45, 7) is 2.21. The van der Waals surface area contributed by atoms with Gasteiger partial charge in [-0.25, -0.2) is 0 Å². The largest absolute Gasteiger partial charge is 0.497 e. The van der Waals surface area contributed by atoms with Crippen LogP contribution in [0.2, 0.25) is 0 Å². The van der Waals surface area contributed by atoms with Crippen LogP contribution in [-0.4, -0.2) is 18.9 Å². The molecular weight excluding hydrogens is 290 g/mol. The van der Waals surface area contributed by atoms with E-state index in [1.165, 1.54) is 0 Å². The fraction of sp³-hybridized carbons (Fsp3) is 0.611. The quantitative estimate of drug-likeness (QED) is 0.471. The number of nitrogens with zero attached hydrogens (tertiary/aromatic N) is 3. The lowest BCUT2D eigenvalue weighted by Crippen LogP contribution is -2.52. The normalized spacial score (nSPS) is 37.6. The molecule has 2 bridgehead atoms. The summed E-state index contributed by atoms with van der Waals surface area (Å²) in [6, 6.07) is 5.90. The molecule has 3 aliphatic carbocycles. The molecule has 3 aliphatic rings. The lowest BCUT2D eigenvalue weighted by molar-refractivity contribution is -0.123. The number of fused-ring (bicyclic) bond motifs is 1. The maximum atomic E-state index is 13.1. The molecule has 0 radical (unpaired) electrons. The van der Waals surface area contributed by atoms with E-state index in [0.29, 0.717) is 18.6 Å². The van der Waals surface area contributed by atoms with Crippen LogP contribution in [0.5, 0.6) is 5.75 Å². The first-order valence-electron chi connectivity index (χ1n) is 8.30. The monoisotopic (exact) mass is 311 g/mol. The number of rotatable bonds is 2. The minimum atomic E-state index is -0.453. The van der Waals surface area contributed by atoms with Gasteiger partial charge in [-0.3, -0.25) is 4.79 Å². The van der Waals surface area contributed by atoms with Crippen LogP contribution in [0, 0.1) is 11.3 Å². The van der Waals surface area contributed by atoms with Gasteiger partial charge < -0.3 is 4.74 Å². The summed E-state index contributed by atoms with van der Waals surface area (Å²) in [6.07, 6.45) is 4.30. The van der Waals surface area contributed by atoms with E-state index in [1.54, 1.807) is 7.11 Å². The molecule has 23 heavy (non-hydrogen) atoms.